The maximum absolute atomic E-state index is 11.6. The van der Waals surface area contributed by atoms with Gasteiger partial charge in [0.1, 0.15) is 0 Å². The van der Waals surface area contributed by atoms with Crippen molar-refractivity contribution in [3.05, 3.63) is 54.6 Å². The molecule has 16 heavy (non-hydrogen) atoms. The van der Waals surface area contributed by atoms with Crippen LogP contribution in [-0.2, 0) is 4.57 Å². The van der Waals surface area contributed by atoms with Crippen molar-refractivity contribution in [1.82, 2.24) is 0 Å². The fraction of sp³-hybridized carbons (Fsp3) is 0. The molecule has 2 aromatic carbocycles. The smallest absolute Gasteiger partial charge is 0.282 e. The van der Waals surface area contributed by atoms with Crippen LogP contribution in [0.4, 0.5) is 0 Å². The van der Waals surface area contributed by atoms with E-state index >= 15 is 0 Å². The fourth-order valence-electron chi connectivity index (χ4n) is 1.59. The lowest BCUT2D eigenvalue weighted by Gasteiger charge is -2.11. The van der Waals surface area contributed by atoms with Crippen LogP contribution in [0.2, 0.25) is 0 Å². The molecule has 2 rings (SSSR count). The second-order valence-corrected chi connectivity index (χ2v) is 6.62. The van der Waals surface area contributed by atoms with Crippen LogP contribution in [0.25, 0.3) is 11.1 Å². The number of thiol groups is 1. The van der Waals surface area contributed by atoms with Crippen LogP contribution in [0.15, 0.2) is 54.6 Å². The molecule has 2 nitrogen and oxygen atoms in total. The summed E-state index contributed by atoms with van der Waals surface area (Å²) in [6.45, 7) is -3.53. The molecule has 0 aromatic heterocycles. The van der Waals surface area contributed by atoms with E-state index in [1.54, 1.807) is 12.1 Å². The first-order valence-electron chi connectivity index (χ1n) is 4.79. The standard InChI is InChI=1S/C12H11O2PS/c13-15(14,16)12-9-5-4-8-11(12)10-6-2-1-3-7-10/h1-9H,(H2,13,14,16). The summed E-state index contributed by atoms with van der Waals surface area (Å²) >= 11 is 3.78. The Bertz CT molecular complexity index is 534. The van der Waals surface area contributed by atoms with Gasteiger partial charge in [-0.05, 0) is 17.2 Å². The molecular weight excluding hydrogens is 239 g/mol. The van der Waals surface area contributed by atoms with Gasteiger partial charge in [-0.15, -0.1) is 0 Å². The number of benzene rings is 2. The zero-order chi connectivity index (χ0) is 11.6. The minimum absolute atomic E-state index is 0.379. The highest BCUT2D eigenvalue weighted by Gasteiger charge is 2.19. The van der Waals surface area contributed by atoms with Crippen molar-refractivity contribution >= 4 is 24.1 Å². The van der Waals surface area contributed by atoms with E-state index in [4.69, 9.17) is 0 Å². The SMILES string of the molecule is O=P(O)(S)c1ccccc1-c1ccccc1. The Morgan fingerprint density at radius 1 is 0.938 bits per heavy atom. The fourth-order valence-corrected chi connectivity index (χ4v) is 2.91. The Hall–Kier alpha value is -1.02. The van der Waals surface area contributed by atoms with Crippen LogP contribution < -0.4 is 5.30 Å². The van der Waals surface area contributed by atoms with E-state index in [0.29, 0.717) is 5.30 Å². The number of rotatable bonds is 2. The predicted molar refractivity (Wildman–Crippen MR) is 70.3 cm³/mol. The van der Waals surface area contributed by atoms with Crippen LogP contribution in [0, 0.1) is 0 Å². The molecule has 0 aliphatic heterocycles. The van der Waals surface area contributed by atoms with Gasteiger partial charge in [0.05, 0.1) is 5.30 Å². The predicted octanol–water partition coefficient (Wildman–Crippen LogP) is 3.09. The summed E-state index contributed by atoms with van der Waals surface area (Å²) in [6, 6.07) is 16.5. The van der Waals surface area contributed by atoms with Gasteiger partial charge < -0.3 is 4.89 Å². The maximum Gasteiger partial charge on any atom is 0.282 e. The highest BCUT2D eigenvalue weighted by atomic mass is 32.7. The van der Waals surface area contributed by atoms with Gasteiger partial charge in [-0.2, -0.15) is 0 Å². The van der Waals surface area contributed by atoms with Crippen LogP contribution in [0.5, 0.6) is 0 Å². The third kappa shape index (κ3) is 2.38. The first-order chi connectivity index (χ1) is 7.59. The van der Waals surface area contributed by atoms with Crippen LogP contribution in [0.3, 0.4) is 0 Å². The monoisotopic (exact) mass is 250 g/mol. The summed E-state index contributed by atoms with van der Waals surface area (Å²) in [5.74, 6) is 0. The van der Waals surface area contributed by atoms with Gasteiger partial charge in [0.25, 0.3) is 6.57 Å². The maximum atomic E-state index is 11.6. The largest absolute Gasteiger partial charge is 0.334 e. The lowest BCUT2D eigenvalue weighted by molar-refractivity contribution is 0.508. The molecule has 0 bridgehead atoms. The van der Waals surface area contributed by atoms with Crippen molar-refractivity contribution in [2.45, 2.75) is 0 Å². The molecule has 1 N–H and O–H groups in total. The molecule has 0 radical (unpaired) electrons. The first kappa shape index (κ1) is 11.5. The summed E-state index contributed by atoms with van der Waals surface area (Å²) in [7, 11) is 0. The summed E-state index contributed by atoms with van der Waals surface area (Å²) in [6.07, 6.45) is 0. The third-order valence-electron chi connectivity index (χ3n) is 2.30. The highest BCUT2D eigenvalue weighted by Crippen LogP contribution is 2.46. The summed E-state index contributed by atoms with van der Waals surface area (Å²) in [5, 5.41) is 0.379. The van der Waals surface area contributed by atoms with Crippen LogP contribution in [-0.4, -0.2) is 4.89 Å². The van der Waals surface area contributed by atoms with Gasteiger partial charge in [0.15, 0.2) is 0 Å². The van der Waals surface area contributed by atoms with Gasteiger partial charge >= 0.3 is 0 Å². The summed E-state index contributed by atoms with van der Waals surface area (Å²) < 4.78 is 11.6. The van der Waals surface area contributed by atoms with Crippen LogP contribution >= 0.6 is 18.8 Å². The minimum atomic E-state index is -3.53. The van der Waals surface area contributed by atoms with Gasteiger partial charge in [-0.3, -0.25) is 4.57 Å². The highest BCUT2D eigenvalue weighted by molar-refractivity contribution is 8.48. The number of hydrogen-bond donors (Lipinski definition) is 2. The van der Waals surface area contributed by atoms with Crippen molar-refractivity contribution in [3.63, 3.8) is 0 Å². The Kier molecular flexibility index (Phi) is 3.20. The molecule has 4 heteroatoms. The lowest BCUT2D eigenvalue weighted by Crippen LogP contribution is -2.04. The molecule has 0 saturated carbocycles. The molecule has 0 aliphatic carbocycles. The van der Waals surface area contributed by atoms with Crippen molar-refractivity contribution in [2.75, 3.05) is 0 Å². The van der Waals surface area contributed by atoms with E-state index < -0.39 is 6.57 Å². The normalized spacial score (nSPS) is 14.4. The molecule has 0 heterocycles. The van der Waals surface area contributed by atoms with Gasteiger partial charge in [-0.1, -0.05) is 60.8 Å². The van der Waals surface area contributed by atoms with Crippen LogP contribution in [0.1, 0.15) is 0 Å². The average molecular weight is 250 g/mol. The third-order valence-corrected chi connectivity index (χ3v) is 3.97. The molecule has 1 atom stereocenters. The van der Waals surface area contributed by atoms with E-state index in [1.165, 1.54) is 0 Å². The quantitative estimate of drug-likeness (QED) is 0.635. The molecule has 1 unspecified atom stereocenters. The average Bonchev–Trinajstić information content (AvgIpc) is 2.29. The summed E-state index contributed by atoms with van der Waals surface area (Å²) in [5.41, 5.74) is 1.67. The number of hydrogen-bond acceptors (Lipinski definition) is 1. The lowest BCUT2D eigenvalue weighted by atomic mass is 10.1. The molecule has 82 valence electrons. The van der Waals surface area contributed by atoms with Gasteiger partial charge in [0.2, 0.25) is 0 Å². The van der Waals surface area contributed by atoms with Crippen molar-refractivity contribution in [3.8, 4) is 11.1 Å². The second kappa shape index (κ2) is 4.46. The van der Waals surface area contributed by atoms with E-state index in [0.717, 1.165) is 11.1 Å². The Balaban J connectivity index is 2.63. The van der Waals surface area contributed by atoms with Crippen molar-refractivity contribution in [2.24, 2.45) is 0 Å². The Morgan fingerprint density at radius 3 is 2.12 bits per heavy atom. The van der Waals surface area contributed by atoms with Gasteiger partial charge in [0, 0.05) is 0 Å². The van der Waals surface area contributed by atoms with E-state index in [-0.39, 0.29) is 0 Å². The zero-order valence-corrected chi connectivity index (χ0v) is 10.2. The van der Waals surface area contributed by atoms with Crippen molar-refractivity contribution in [1.29, 1.82) is 0 Å². The minimum Gasteiger partial charge on any atom is -0.334 e. The molecule has 0 spiro atoms. The molecular formula is C12H11O2PS. The molecule has 0 amide bonds. The van der Waals surface area contributed by atoms with E-state index in [9.17, 15) is 9.46 Å². The molecule has 2 aromatic rings. The Labute approximate surface area is 99.6 Å². The van der Waals surface area contributed by atoms with E-state index in [2.05, 4.69) is 12.2 Å². The first-order valence-corrected chi connectivity index (χ1v) is 7.61. The molecule has 0 aliphatic rings. The van der Waals surface area contributed by atoms with E-state index in [1.807, 2.05) is 42.5 Å². The van der Waals surface area contributed by atoms with Crippen molar-refractivity contribution < 1.29 is 9.46 Å². The topological polar surface area (TPSA) is 37.3 Å². The molecule has 0 fully saturated rings. The Morgan fingerprint density at radius 2 is 1.50 bits per heavy atom. The zero-order valence-electron chi connectivity index (χ0n) is 8.45. The van der Waals surface area contributed by atoms with Gasteiger partial charge in [-0.25, -0.2) is 0 Å². The molecule has 0 saturated heterocycles. The second-order valence-electron chi connectivity index (χ2n) is 3.43. The summed E-state index contributed by atoms with van der Waals surface area (Å²) in [4.78, 5) is 9.55.